The van der Waals surface area contributed by atoms with Crippen LogP contribution in [0.15, 0.2) is 18.5 Å². The number of nitrogens with one attached hydrogen (secondary N) is 3. The smallest absolute Gasteiger partial charge is 0.234 e. The van der Waals surface area contributed by atoms with Crippen LogP contribution in [0.2, 0.25) is 0 Å². The van der Waals surface area contributed by atoms with Gasteiger partial charge >= 0.3 is 0 Å². The number of hydrogen-bond donors (Lipinski definition) is 3. The highest BCUT2D eigenvalue weighted by Gasteiger charge is 2.14. The zero-order valence-corrected chi connectivity index (χ0v) is 12.2. The van der Waals surface area contributed by atoms with E-state index in [-0.39, 0.29) is 30.4 Å². The highest BCUT2D eigenvalue weighted by molar-refractivity contribution is 5.78. The molecule has 0 radical (unpaired) electrons. The standard InChI is InChI=1S/C13H23N5O2/c1-10(11(2)18-8-4-5-17-18)16-9-13(20)15-7-6-14-12(3)19/h4-5,8,10-11,16H,6-7,9H2,1-3H3,(H,14,19)(H,15,20)/t10-,11+/m1/s1. The molecule has 0 bridgehead atoms. The molecule has 2 atom stereocenters. The summed E-state index contributed by atoms with van der Waals surface area (Å²) in [6.07, 6.45) is 3.63. The Morgan fingerprint density at radius 3 is 2.55 bits per heavy atom. The first-order valence-corrected chi connectivity index (χ1v) is 6.74. The number of aromatic nitrogens is 2. The minimum Gasteiger partial charge on any atom is -0.355 e. The maximum absolute atomic E-state index is 11.6. The lowest BCUT2D eigenvalue weighted by atomic mass is 10.2. The summed E-state index contributed by atoms with van der Waals surface area (Å²) >= 11 is 0. The molecule has 7 nitrogen and oxygen atoms in total. The third-order valence-electron chi connectivity index (χ3n) is 3.07. The van der Waals surface area contributed by atoms with Crippen LogP contribution in [-0.2, 0) is 9.59 Å². The van der Waals surface area contributed by atoms with Crippen LogP contribution in [0.1, 0.15) is 26.8 Å². The average molecular weight is 281 g/mol. The van der Waals surface area contributed by atoms with Crippen molar-refractivity contribution >= 4 is 11.8 Å². The van der Waals surface area contributed by atoms with Crippen LogP contribution in [0, 0.1) is 0 Å². The molecule has 1 heterocycles. The first kappa shape index (κ1) is 16.2. The third kappa shape index (κ3) is 5.83. The topological polar surface area (TPSA) is 88.0 Å². The second-order valence-corrected chi connectivity index (χ2v) is 4.73. The molecule has 0 fully saturated rings. The lowest BCUT2D eigenvalue weighted by Crippen LogP contribution is -2.43. The molecular formula is C13H23N5O2. The Morgan fingerprint density at radius 2 is 1.95 bits per heavy atom. The van der Waals surface area contributed by atoms with Gasteiger partial charge in [0.25, 0.3) is 0 Å². The second kappa shape index (κ2) is 8.31. The summed E-state index contributed by atoms with van der Waals surface area (Å²) in [7, 11) is 0. The van der Waals surface area contributed by atoms with Gasteiger partial charge in [-0.1, -0.05) is 0 Å². The maximum Gasteiger partial charge on any atom is 0.234 e. The predicted molar refractivity (Wildman–Crippen MR) is 76.1 cm³/mol. The normalized spacial score (nSPS) is 13.6. The van der Waals surface area contributed by atoms with Gasteiger partial charge in [-0.05, 0) is 19.9 Å². The summed E-state index contributed by atoms with van der Waals surface area (Å²) in [4.78, 5) is 22.2. The summed E-state index contributed by atoms with van der Waals surface area (Å²) in [6, 6.07) is 2.16. The summed E-state index contributed by atoms with van der Waals surface area (Å²) in [5, 5.41) is 12.7. The van der Waals surface area contributed by atoms with E-state index in [1.165, 1.54) is 6.92 Å². The average Bonchev–Trinajstić information content (AvgIpc) is 2.93. The van der Waals surface area contributed by atoms with E-state index in [4.69, 9.17) is 0 Å². The molecule has 0 aromatic carbocycles. The zero-order chi connectivity index (χ0) is 15.0. The Morgan fingerprint density at radius 1 is 1.25 bits per heavy atom. The minimum atomic E-state index is -0.0981. The maximum atomic E-state index is 11.6. The first-order valence-electron chi connectivity index (χ1n) is 6.74. The molecule has 0 spiro atoms. The lowest BCUT2D eigenvalue weighted by molar-refractivity contribution is -0.121. The van der Waals surface area contributed by atoms with E-state index in [0.717, 1.165) is 0 Å². The van der Waals surface area contributed by atoms with Crippen molar-refractivity contribution in [2.75, 3.05) is 19.6 Å². The molecule has 0 aliphatic carbocycles. The molecule has 2 amide bonds. The van der Waals surface area contributed by atoms with Gasteiger partial charge in [0.05, 0.1) is 12.6 Å². The van der Waals surface area contributed by atoms with Gasteiger partial charge in [-0.25, -0.2) is 0 Å². The Bertz CT molecular complexity index is 418. The monoisotopic (exact) mass is 281 g/mol. The van der Waals surface area contributed by atoms with Crippen LogP contribution in [-0.4, -0.2) is 47.3 Å². The zero-order valence-electron chi connectivity index (χ0n) is 12.2. The van der Waals surface area contributed by atoms with Gasteiger partial charge in [-0.3, -0.25) is 14.3 Å². The molecule has 0 saturated carbocycles. The molecule has 0 unspecified atom stereocenters. The Labute approximate surface area is 119 Å². The molecule has 7 heteroatoms. The summed E-state index contributed by atoms with van der Waals surface area (Å²) in [6.45, 7) is 6.62. The van der Waals surface area contributed by atoms with Crippen LogP contribution in [0.4, 0.5) is 0 Å². The van der Waals surface area contributed by atoms with Crippen LogP contribution in [0.25, 0.3) is 0 Å². The van der Waals surface area contributed by atoms with Crippen molar-refractivity contribution < 1.29 is 9.59 Å². The van der Waals surface area contributed by atoms with Crippen molar-refractivity contribution in [3.63, 3.8) is 0 Å². The molecule has 20 heavy (non-hydrogen) atoms. The summed E-state index contributed by atoms with van der Waals surface area (Å²) in [5.41, 5.74) is 0. The van der Waals surface area contributed by atoms with Gasteiger partial charge in [0.1, 0.15) is 0 Å². The first-order chi connectivity index (χ1) is 9.50. The van der Waals surface area contributed by atoms with Crippen molar-refractivity contribution in [1.29, 1.82) is 0 Å². The van der Waals surface area contributed by atoms with Gasteiger partial charge in [-0.2, -0.15) is 5.10 Å². The van der Waals surface area contributed by atoms with E-state index in [0.29, 0.717) is 13.1 Å². The molecule has 0 aliphatic rings. The molecule has 1 rings (SSSR count). The molecule has 1 aromatic rings. The van der Waals surface area contributed by atoms with E-state index >= 15 is 0 Å². The minimum absolute atomic E-state index is 0.0881. The number of rotatable bonds is 8. The Hall–Kier alpha value is -1.89. The van der Waals surface area contributed by atoms with Crippen LogP contribution >= 0.6 is 0 Å². The SMILES string of the molecule is CC(=O)NCCNC(=O)CN[C@H](C)[C@H](C)n1cccn1. The molecule has 1 aromatic heterocycles. The number of carbonyl (C=O) groups excluding carboxylic acids is 2. The largest absolute Gasteiger partial charge is 0.355 e. The predicted octanol–water partition coefficient (Wildman–Crippen LogP) is -0.325. The highest BCUT2D eigenvalue weighted by atomic mass is 16.2. The van der Waals surface area contributed by atoms with E-state index < -0.39 is 0 Å². The van der Waals surface area contributed by atoms with Crippen molar-refractivity contribution in [2.45, 2.75) is 32.9 Å². The number of hydrogen-bond acceptors (Lipinski definition) is 4. The van der Waals surface area contributed by atoms with Gasteiger partial charge in [0.2, 0.25) is 11.8 Å². The summed E-state index contributed by atoms with van der Waals surface area (Å²) < 4.78 is 1.85. The number of nitrogens with zero attached hydrogens (tertiary/aromatic N) is 2. The number of carbonyl (C=O) groups is 2. The van der Waals surface area contributed by atoms with Crippen LogP contribution in [0.3, 0.4) is 0 Å². The van der Waals surface area contributed by atoms with Crippen LogP contribution in [0.5, 0.6) is 0 Å². The van der Waals surface area contributed by atoms with E-state index in [9.17, 15) is 9.59 Å². The third-order valence-corrected chi connectivity index (χ3v) is 3.07. The molecular weight excluding hydrogens is 258 g/mol. The molecule has 112 valence electrons. The lowest BCUT2D eigenvalue weighted by Gasteiger charge is -2.21. The highest BCUT2D eigenvalue weighted by Crippen LogP contribution is 2.08. The fourth-order valence-corrected chi connectivity index (χ4v) is 1.68. The van der Waals surface area contributed by atoms with E-state index in [1.54, 1.807) is 6.20 Å². The molecule has 3 N–H and O–H groups in total. The van der Waals surface area contributed by atoms with Crippen LogP contribution < -0.4 is 16.0 Å². The number of amides is 2. The van der Waals surface area contributed by atoms with Gasteiger partial charge in [0, 0.05) is 38.4 Å². The second-order valence-electron chi connectivity index (χ2n) is 4.73. The Balaban J connectivity index is 2.18. The molecule has 0 saturated heterocycles. The molecule has 0 aliphatic heterocycles. The van der Waals surface area contributed by atoms with E-state index in [1.807, 2.05) is 30.8 Å². The van der Waals surface area contributed by atoms with Gasteiger partial charge in [0.15, 0.2) is 0 Å². The quantitative estimate of drug-likeness (QED) is 0.570. The fraction of sp³-hybridized carbons (Fsp3) is 0.615. The van der Waals surface area contributed by atoms with Crippen molar-refractivity contribution in [2.24, 2.45) is 0 Å². The van der Waals surface area contributed by atoms with Crippen molar-refractivity contribution in [1.82, 2.24) is 25.7 Å². The summed E-state index contributed by atoms with van der Waals surface area (Å²) in [5.74, 6) is -0.186. The fourth-order valence-electron chi connectivity index (χ4n) is 1.68. The van der Waals surface area contributed by atoms with E-state index in [2.05, 4.69) is 21.0 Å². The van der Waals surface area contributed by atoms with Crippen molar-refractivity contribution in [3.8, 4) is 0 Å². The van der Waals surface area contributed by atoms with Crippen molar-refractivity contribution in [3.05, 3.63) is 18.5 Å². The van der Waals surface area contributed by atoms with Gasteiger partial charge in [-0.15, -0.1) is 0 Å². The Kier molecular flexibility index (Phi) is 6.72. The van der Waals surface area contributed by atoms with Gasteiger partial charge < -0.3 is 16.0 Å².